The summed E-state index contributed by atoms with van der Waals surface area (Å²) in [6, 6.07) is 24.6. The Morgan fingerprint density at radius 3 is 2.39 bits per heavy atom. The Labute approximate surface area is 267 Å². The molecule has 222 valence electrons. The lowest BCUT2D eigenvalue weighted by Gasteiger charge is -2.13. The molecule has 2 heterocycles. The minimum atomic E-state index is -0.504. The average Bonchev–Trinajstić information content (AvgIpc) is 3.59. The van der Waals surface area contributed by atoms with Crippen LogP contribution < -0.4 is 4.74 Å². The van der Waals surface area contributed by atoms with Crippen LogP contribution >= 0.6 is 34.8 Å². The number of ether oxygens (including phenoxy) is 2. The van der Waals surface area contributed by atoms with E-state index in [9.17, 15) is 9.18 Å². The number of rotatable bonds is 9. The average molecular weight is 649 g/mol. The van der Waals surface area contributed by atoms with Crippen LogP contribution in [0.2, 0.25) is 15.1 Å². The number of carbonyl (C=O) groups excluding carboxylic acids is 1. The summed E-state index contributed by atoms with van der Waals surface area (Å²) in [4.78, 5) is 21.2. The van der Waals surface area contributed by atoms with Gasteiger partial charge in [-0.2, -0.15) is 0 Å². The molecule has 0 amide bonds. The molecule has 0 atom stereocenters. The van der Waals surface area contributed by atoms with E-state index in [1.807, 2.05) is 41.0 Å². The largest absolute Gasteiger partial charge is 0.489 e. The molecular formula is C34H25Cl3FN3O3. The molecule has 4 aromatic carbocycles. The zero-order chi connectivity index (χ0) is 30.8. The minimum absolute atomic E-state index is 0.206. The first kappa shape index (κ1) is 29.8. The van der Waals surface area contributed by atoms with Crippen LogP contribution in [0, 0.1) is 5.82 Å². The molecule has 0 fully saturated rings. The molecule has 6 rings (SSSR count). The van der Waals surface area contributed by atoms with Gasteiger partial charge in [-0.15, -0.1) is 0 Å². The number of esters is 1. The lowest BCUT2D eigenvalue weighted by Crippen LogP contribution is -2.09. The third kappa shape index (κ3) is 6.17. The third-order valence-corrected chi connectivity index (χ3v) is 8.07. The van der Waals surface area contributed by atoms with Crippen LogP contribution in [-0.2, 0) is 17.9 Å². The number of benzene rings is 4. The molecule has 2 aromatic heterocycles. The van der Waals surface area contributed by atoms with Gasteiger partial charge in [0.05, 0.1) is 34.4 Å². The molecule has 0 aliphatic rings. The van der Waals surface area contributed by atoms with E-state index in [1.165, 1.54) is 12.1 Å². The first-order valence-electron chi connectivity index (χ1n) is 13.8. The highest BCUT2D eigenvalue weighted by atomic mass is 35.5. The zero-order valence-electron chi connectivity index (χ0n) is 23.4. The lowest BCUT2D eigenvalue weighted by atomic mass is 10.0. The van der Waals surface area contributed by atoms with Gasteiger partial charge >= 0.3 is 5.97 Å². The first-order chi connectivity index (χ1) is 21.3. The predicted molar refractivity (Wildman–Crippen MR) is 172 cm³/mol. The number of hydrogen-bond donors (Lipinski definition) is 1. The Hall–Kier alpha value is -4.30. The fourth-order valence-corrected chi connectivity index (χ4v) is 5.53. The second kappa shape index (κ2) is 12.7. The number of nitrogens with zero attached hydrogens (tertiary/aromatic N) is 2. The number of aromatic nitrogens is 3. The maximum atomic E-state index is 13.9. The highest BCUT2D eigenvalue weighted by Gasteiger charge is 2.26. The van der Waals surface area contributed by atoms with Crippen molar-refractivity contribution in [3.63, 3.8) is 0 Å². The molecule has 6 nitrogen and oxygen atoms in total. The van der Waals surface area contributed by atoms with E-state index in [0.717, 1.165) is 16.5 Å². The van der Waals surface area contributed by atoms with E-state index < -0.39 is 5.97 Å². The lowest BCUT2D eigenvalue weighted by molar-refractivity contribution is 0.0521. The van der Waals surface area contributed by atoms with Gasteiger partial charge in [0.1, 0.15) is 23.9 Å². The van der Waals surface area contributed by atoms with Crippen molar-refractivity contribution in [2.75, 3.05) is 6.61 Å². The fourth-order valence-electron chi connectivity index (χ4n) is 5.04. The quantitative estimate of drug-likeness (QED) is 0.159. The normalized spacial score (nSPS) is 11.2. The van der Waals surface area contributed by atoms with Gasteiger partial charge in [0, 0.05) is 33.6 Å². The molecule has 0 saturated heterocycles. The molecule has 0 spiro atoms. The molecule has 1 N–H and O–H groups in total. The van der Waals surface area contributed by atoms with Gasteiger partial charge in [-0.25, -0.2) is 14.2 Å². The van der Waals surface area contributed by atoms with Gasteiger partial charge in [-0.3, -0.25) is 0 Å². The Balaban J connectivity index is 1.38. The van der Waals surface area contributed by atoms with E-state index >= 15 is 0 Å². The summed E-state index contributed by atoms with van der Waals surface area (Å²) in [6.07, 6.45) is 1.71. The topological polar surface area (TPSA) is 69.1 Å². The molecule has 10 heteroatoms. The maximum absolute atomic E-state index is 13.9. The van der Waals surface area contributed by atoms with E-state index in [4.69, 9.17) is 49.3 Å². The van der Waals surface area contributed by atoms with Crippen molar-refractivity contribution in [2.24, 2.45) is 0 Å². The molecule has 0 aliphatic carbocycles. The van der Waals surface area contributed by atoms with Crippen LogP contribution in [0.15, 0.2) is 91.3 Å². The Morgan fingerprint density at radius 1 is 0.909 bits per heavy atom. The molecule has 0 bridgehead atoms. The molecular weight excluding hydrogens is 624 g/mol. The Morgan fingerprint density at radius 2 is 1.66 bits per heavy atom. The van der Waals surface area contributed by atoms with Crippen molar-refractivity contribution in [1.29, 1.82) is 0 Å². The summed E-state index contributed by atoms with van der Waals surface area (Å²) in [6.45, 7) is 2.73. The minimum Gasteiger partial charge on any atom is -0.489 e. The number of nitrogens with one attached hydrogen (secondary N) is 1. The summed E-state index contributed by atoms with van der Waals surface area (Å²) in [7, 11) is 0. The number of imidazole rings is 1. The predicted octanol–water partition coefficient (Wildman–Crippen LogP) is 9.60. The van der Waals surface area contributed by atoms with Gasteiger partial charge < -0.3 is 19.0 Å². The molecule has 0 saturated carbocycles. The maximum Gasteiger partial charge on any atom is 0.355 e. The number of carbonyl (C=O) groups is 1. The van der Waals surface area contributed by atoms with Crippen molar-refractivity contribution >= 4 is 51.7 Å². The Bertz CT molecular complexity index is 1970. The molecule has 0 radical (unpaired) electrons. The molecule has 0 unspecified atom stereocenters. The van der Waals surface area contributed by atoms with E-state index in [0.29, 0.717) is 62.0 Å². The first-order valence-corrected chi connectivity index (χ1v) is 14.9. The number of hydrogen-bond acceptors (Lipinski definition) is 4. The van der Waals surface area contributed by atoms with Gasteiger partial charge in [-0.1, -0.05) is 59.1 Å². The van der Waals surface area contributed by atoms with Crippen LogP contribution in [-0.4, -0.2) is 27.1 Å². The zero-order valence-corrected chi connectivity index (χ0v) is 25.7. The van der Waals surface area contributed by atoms with E-state index in [2.05, 4.69) is 4.98 Å². The Kier molecular flexibility index (Phi) is 8.62. The molecule has 44 heavy (non-hydrogen) atoms. The van der Waals surface area contributed by atoms with Gasteiger partial charge in [0.2, 0.25) is 0 Å². The summed E-state index contributed by atoms with van der Waals surface area (Å²) < 4.78 is 27.2. The second-order valence-corrected chi connectivity index (χ2v) is 11.3. The SMILES string of the molecule is CCOC(=O)c1[nH]c2cc(Cl)ccc2c1-c1c(-c2ccc(F)cc2)ncn1Cc1ccc(OCc2ccc(Cl)c(Cl)c2)cc1. The van der Waals surface area contributed by atoms with Crippen molar-refractivity contribution in [3.8, 4) is 28.3 Å². The molecule has 0 aliphatic heterocycles. The van der Waals surface area contributed by atoms with E-state index in [-0.39, 0.29) is 18.1 Å². The van der Waals surface area contributed by atoms with Crippen molar-refractivity contribution < 1.29 is 18.7 Å². The van der Waals surface area contributed by atoms with Gasteiger partial charge in [-0.05, 0) is 78.7 Å². The fraction of sp³-hybridized carbons (Fsp3) is 0.118. The van der Waals surface area contributed by atoms with Crippen LogP contribution in [0.25, 0.3) is 33.4 Å². The van der Waals surface area contributed by atoms with Gasteiger partial charge in [0.25, 0.3) is 0 Å². The second-order valence-electron chi connectivity index (χ2n) is 10.0. The highest BCUT2D eigenvalue weighted by Crippen LogP contribution is 2.40. The summed E-state index contributed by atoms with van der Waals surface area (Å²) in [5.74, 6) is -0.169. The number of aromatic amines is 1. The van der Waals surface area contributed by atoms with Gasteiger partial charge in [0.15, 0.2) is 0 Å². The number of halogens is 4. The van der Waals surface area contributed by atoms with E-state index in [1.54, 1.807) is 49.6 Å². The third-order valence-electron chi connectivity index (χ3n) is 7.10. The van der Waals surface area contributed by atoms with Crippen molar-refractivity contribution in [1.82, 2.24) is 14.5 Å². The summed E-state index contributed by atoms with van der Waals surface area (Å²) >= 11 is 18.4. The molecule has 6 aromatic rings. The summed E-state index contributed by atoms with van der Waals surface area (Å²) in [5, 5.41) is 2.26. The summed E-state index contributed by atoms with van der Waals surface area (Å²) in [5.41, 5.74) is 5.41. The smallest absolute Gasteiger partial charge is 0.355 e. The number of H-pyrrole nitrogens is 1. The van der Waals surface area contributed by atoms with Crippen molar-refractivity contribution in [3.05, 3.63) is 129 Å². The van der Waals surface area contributed by atoms with Crippen LogP contribution in [0.4, 0.5) is 4.39 Å². The van der Waals surface area contributed by atoms with Crippen molar-refractivity contribution in [2.45, 2.75) is 20.1 Å². The van der Waals surface area contributed by atoms with Crippen LogP contribution in [0.1, 0.15) is 28.5 Å². The number of fused-ring (bicyclic) bond motifs is 1. The van der Waals surface area contributed by atoms with Crippen LogP contribution in [0.3, 0.4) is 0 Å². The van der Waals surface area contributed by atoms with Crippen LogP contribution in [0.5, 0.6) is 5.75 Å². The standard InChI is InChI=1S/C34H25Cl3FN3O3/c1-2-43-34(42)32-30(26-13-8-23(35)16-29(26)40-32)33-31(22-6-9-24(38)10-7-22)39-19-41(33)17-20-3-11-25(12-4-20)44-18-21-5-14-27(36)28(37)15-21/h3-16,19,40H,2,17-18H2,1H3. The monoisotopic (exact) mass is 647 g/mol. The highest BCUT2D eigenvalue weighted by molar-refractivity contribution is 6.42.